The summed E-state index contributed by atoms with van der Waals surface area (Å²) < 4.78 is 112. The van der Waals surface area contributed by atoms with Gasteiger partial charge < -0.3 is 25.4 Å². The minimum absolute atomic E-state index is 0.0843. The first kappa shape index (κ1) is 46.1. The summed E-state index contributed by atoms with van der Waals surface area (Å²) in [6, 6.07) is 20.9. The normalized spacial score (nSPS) is 12.1. The predicted molar refractivity (Wildman–Crippen MR) is 219 cm³/mol. The summed E-state index contributed by atoms with van der Waals surface area (Å²) >= 11 is 0.726. The molecule has 1 aromatic heterocycles. The van der Waals surface area contributed by atoms with Crippen LogP contribution in [-0.2, 0) is 39.7 Å². The number of nitrogens with one attached hydrogen (secondary N) is 3. The van der Waals surface area contributed by atoms with Crippen LogP contribution in [0.15, 0.2) is 115 Å². The van der Waals surface area contributed by atoms with Crippen molar-refractivity contribution in [3.05, 3.63) is 84.9 Å². The van der Waals surface area contributed by atoms with Crippen LogP contribution >= 0.6 is 12.0 Å². The van der Waals surface area contributed by atoms with Crippen molar-refractivity contribution in [3.63, 3.8) is 0 Å². The van der Waals surface area contributed by atoms with Gasteiger partial charge in [0.15, 0.2) is 0 Å². The van der Waals surface area contributed by atoms with Crippen LogP contribution in [0.3, 0.4) is 0 Å². The molecule has 0 bridgehead atoms. The number of anilines is 5. The van der Waals surface area contributed by atoms with E-state index in [2.05, 4.69) is 60.7 Å². The minimum atomic E-state index is -4.46. The molecule has 5 rings (SSSR count). The highest BCUT2D eigenvalue weighted by atomic mass is 32.2. The maximum atomic E-state index is 11.5. The van der Waals surface area contributed by atoms with Crippen LogP contribution in [-0.4, -0.2) is 90.9 Å². The lowest BCUT2D eigenvalue weighted by atomic mass is 10.2. The number of azo groups is 2. The molecule has 1 heterocycles. The zero-order valence-electron chi connectivity index (χ0n) is 31.3. The van der Waals surface area contributed by atoms with E-state index in [0.717, 1.165) is 18.1 Å². The number of hydrogen-bond acceptors (Lipinski definition) is 22. The summed E-state index contributed by atoms with van der Waals surface area (Å²) in [6.45, 7) is -0.469. The van der Waals surface area contributed by atoms with Crippen molar-refractivity contribution in [3.8, 4) is 11.5 Å². The lowest BCUT2D eigenvalue weighted by molar-refractivity contribution is -0.432. The van der Waals surface area contributed by atoms with Crippen LogP contribution in [0.4, 0.5) is 52.0 Å². The van der Waals surface area contributed by atoms with Gasteiger partial charge in [-0.15, -0.1) is 4.33 Å². The Morgan fingerprint density at radius 2 is 1.20 bits per heavy atom. The van der Waals surface area contributed by atoms with Gasteiger partial charge in [-0.05, 0) is 67.1 Å². The molecule has 0 saturated heterocycles. The molecule has 0 fully saturated rings. The molecule has 0 spiro atoms. The average molecular weight is 923 g/mol. The van der Waals surface area contributed by atoms with E-state index in [4.69, 9.17) is 14.7 Å². The molecule has 5 aromatic rings. The molecular weight excluding hydrogens is 889 g/mol. The van der Waals surface area contributed by atoms with Gasteiger partial charge >= 0.3 is 0 Å². The molecule has 7 N–H and O–H groups in total. The quantitative estimate of drug-likeness (QED) is 0.00933. The fourth-order valence-electron chi connectivity index (χ4n) is 4.75. The second-order valence-corrected chi connectivity index (χ2v) is 17.3. The highest BCUT2D eigenvalue weighted by Crippen LogP contribution is 2.35. The summed E-state index contributed by atoms with van der Waals surface area (Å²) in [4.78, 5) is 13.2. The molecule has 0 radical (unpaired) electrons. The Morgan fingerprint density at radius 3 is 1.77 bits per heavy atom. The van der Waals surface area contributed by atoms with Gasteiger partial charge in [0.2, 0.25) is 17.8 Å². The van der Waals surface area contributed by atoms with Crippen molar-refractivity contribution in [2.24, 2.45) is 20.5 Å². The van der Waals surface area contributed by atoms with Gasteiger partial charge in [0, 0.05) is 23.6 Å². The molecule has 28 heteroatoms. The van der Waals surface area contributed by atoms with Crippen LogP contribution < -0.4 is 25.4 Å². The number of nitrogens with zero attached hydrogens (tertiary/aromatic N) is 7. The van der Waals surface area contributed by atoms with Gasteiger partial charge in [0.25, 0.3) is 30.4 Å². The molecule has 0 amide bonds. The van der Waals surface area contributed by atoms with Crippen molar-refractivity contribution in [1.82, 2.24) is 15.0 Å². The van der Waals surface area contributed by atoms with Crippen molar-refractivity contribution < 1.29 is 63.0 Å². The Morgan fingerprint density at radius 1 is 0.656 bits per heavy atom. The summed E-state index contributed by atoms with van der Waals surface area (Å²) in [5, 5.41) is 37.3. The van der Waals surface area contributed by atoms with Crippen LogP contribution in [0.25, 0.3) is 0 Å². The molecule has 4 aromatic carbocycles. The van der Waals surface area contributed by atoms with Crippen molar-refractivity contribution in [2.45, 2.75) is 16.2 Å². The molecule has 0 aliphatic heterocycles. The molecule has 24 nitrogen and oxygen atoms in total. The molecule has 0 unspecified atom stereocenters. The van der Waals surface area contributed by atoms with Gasteiger partial charge in [-0.25, -0.2) is 5.26 Å². The highest BCUT2D eigenvalue weighted by molar-refractivity contribution is 7.94. The van der Waals surface area contributed by atoms with Gasteiger partial charge in [-0.3, -0.25) is 13.7 Å². The summed E-state index contributed by atoms with van der Waals surface area (Å²) in [7, 11) is -11.7. The summed E-state index contributed by atoms with van der Waals surface area (Å²) in [6.07, 6.45) is -0.0843. The zero-order valence-corrected chi connectivity index (χ0v) is 34.5. The number of methoxy groups -OCH3 is 1. The second-order valence-electron chi connectivity index (χ2n) is 11.9. The Balaban J connectivity index is 1.43. The maximum Gasteiger partial charge on any atom is 0.294 e. The average Bonchev–Trinajstić information content (AvgIpc) is 3.20. The van der Waals surface area contributed by atoms with Crippen molar-refractivity contribution in [1.29, 1.82) is 0 Å². The van der Waals surface area contributed by atoms with E-state index in [-0.39, 0.29) is 76.6 Å². The van der Waals surface area contributed by atoms with Gasteiger partial charge in [-0.2, -0.15) is 60.7 Å². The van der Waals surface area contributed by atoms with Crippen molar-refractivity contribution in [2.75, 3.05) is 47.7 Å². The van der Waals surface area contributed by atoms with Crippen molar-refractivity contribution >= 4 is 94.4 Å². The van der Waals surface area contributed by atoms with E-state index >= 15 is 0 Å². The van der Waals surface area contributed by atoms with Gasteiger partial charge in [0.05, 0.1) is 76.3 Å². The van der Waals surface area contributed by atoms with Crippen LogP contribution in [0.1, 0.15) is 6.42 Å². The van der Waals surface area contributed by atoms with E-state index in [9.17, 15) is 38.9 Å². The first-order chi connectivity index (χ1) is 29.0. The second kappa shape index (κ2) is 21.0. The maximum absolute atomic E-state index is 11.5. The Bertz CT molecular complexity index is 2730. The first-order valence-corrected chi connectivity index (χ1v) is 22.4. The Labute approximate surface area is 351 Å². The number of rotatable bonds is 22. The fraction of sp³-hybridized carbons (Fsp3) is 0.182. The molecular formula is C33H34N10O14S4. The highest BCUT2D eigenvalue weighted by Gasteiger charge is 2.15. The van der Waals surface area contributed by atoms with Crippen LogP contribution in [0.5, 0.6) is 11.5 Å². The van der Waals surface area contributed by atoms with Crippen LogP contribution in [0.2, 0.25) is 0 Å². The Hall–Kier alpha value is -5.95. The zero-order chi connectivity index (χ0) is 44.0. The first-order valence-electron chi connectivity index (χ1n) is 17.0. The van der Waals surface area contributed by atoms with E-state index in [1.807, 2.05) is 0 Å². The third-order valence-corrected chi connectivity index (χ3v) is 10.3. The van der Waals surface area contributed by atoms with E-state index in [1.165, 1.54) is 49.6 Å². The summed E-state index contributed by atoms with van der Waals surface area (Å²) in [5.74, 6) is -1.27. The monoisotopic (exact) mass is 922 g/mol. The fourth-order valence-corrected chi connectivity index (χ4v) is 6.53. The minimum Gasteiger partial charge on any atom is -0.494 e. The predicted octanol–water partition coefficient (Wildman–Crippen LogP) is 6.83. The molecule has 0 aliphatic rings. The lowest BCUT2D eigenvalue weighted by Gasteiger charge is -2.15. The standard InChI is InChI=1S/C33H34N10O14S4/c1-54-29-19-23(42-41-22-6-3-8-26(18-22)61(51,52)53)9-11-27(29)35-32-37-31(34-13-16-60(48,49)50)38-33(39-32)36-28-12-10-24(20-30(28)55-14-4-15-59(45,46)47)43-40-21-5-2-7-25(17-21)58-57-56-44/h2-3,5-12,17-20,44H,4,13-16H2,1H3,(H,45,46,47)(H,48,49,50)(H,51,52,53)(H3,34,35,36,37,38,39). The Kier molecular flexibility index (Phi) is 15.9. The van der Waals surface area contributed by atoms with Crippen LogP contribution in [0, 0.1) is 0 Å². The molecule has 61 heavy (non-hydrogen) atoms. The third kappa shape index (κ3) is 15.5. The lowest BCUT2D eigenvalue weighted by Crippen LogP contribution is -2.17. The summed E-state index contributed by atoms with van der Waals surface area (Å²) in [5.41, 5.74) is 1.67. The van der Waals surface area contributed by atoms with Gasteiger partial charge in [-0.1, -0.05) is 17.2 Å². The van der Waals surface area contributed by atoms with E-state index in [0.29, 0.717) is 16.3 Å². The number of ether oxygens (including phenoxy) is 2. The molecule has 0 aliphatic carbocycles. The molecule has 324 valence electrons. The smallest absolute Gasteiger partial charge is 0.294 e. The number of aromatic nitrogens is 3. The molecule has 0 saturated carbocycles. The largest absolute Gasteiger partial charge is 0.494 e. The van der Waals surface area contributed by atoms with E-state index < -0.39 is 41.9 Å². The topological polar surface area (TPSA) is 344 Å². The SMILES string of the molecule is COc1cc(N=Nc2cccc(S(=O)(=O)O)c2)ccc1Nc1nc(NCCS(=O)(=O)O)nc(Nc2ccc(N=Nc3cccc(SOOO)c3)cc2OCCCS(=O)(=O)O)n1. The van der Waals surface area contributed by atoms with Gasteiger partial charge in [0.1, 0.15) is 11.5 Å². The third-order valence-electron chi connectivity index (χ3n) is 7.38. The molecule has 0 atom stereocenters. The number of hydrogen-bond donors (Lipinski definition) is 7. The number of benzene rings is 4. The van der Waals surface area contributed by atoms with E-state index in [1.54, 1.807) is 36.4 Å².